The van der Waals surface area contributed by atoms with Crippen LogP contribution in [0.4, 0.5) is 5.69 Å². The largest absolute Gasteiger partial charge is 0.494 e. The second kappa shape index (κ2) is 7.30. The van der Waals surface area contributed by atoms with E-state index in [1.54, 1.807) is 18.3 Å². The quantitative estimate of drug-likeness (QED) is 0.624. The maximum absolute atomic E-state index is 8.83. The minimum atomic E-state index is 0.624. The highest BCUT2D eigenvalue weighted by Gasteiger charge is 2.03. The van der Waals surface area contributed by atoms with E-state index < -0.39 is 0 Å². The molecule has 0 unspecified atom stereocenters. The van der Waals surface area contributed by atoms with Gasteiger partial charge in [0.2, 0.25) is 0 Å². The zero-order valence-corrected chi connectivity index (χ0v) is 13.3. The number of furan rings is 1. The van der Waals surface area contributed by atoms with Crippen molar-refractivity contribution in [1.82, 2.24) is 0 Å². The molecule has 1 aromatic heterocycles. The predicted molar refractivity (Wildman–Crippen MR) is 93.7 cm³/mol. The summed E-state index contributed by atoms with van der Waals surface area (Å²) in [6, 6.07) is 20.7. The molecule has 0 aliphatic heterocycles. The van der Waals surface area contributed by atoms with Crippen LogP contribution in [0.1, 0.15) is 18.2 Å². The molecule has 0 atom stereocenters. The molecule has 0 radical (unpaired) electrons. The van der Waals surface area contributed by atoms with Crippen LogP contribution in [0.2, 0.25) is 0 Å². The van der Waals surface area contributed by atoms with Gasteiger partial charge in [-0.2, -0.15) is 5.26 Å². The van der Waals surface area contributed by atoms with Gasteiger partial charge >= 0.3 is 0 Å². The number of aliphatic imine (C=N–C) groups is 1. The zero-order valence-electron chi connectivity index (χ0n) is 13.3. The van der Waals surface area contributed by atoms with Gasteiger partial charge < -0.3 is 9.15 Å². The van der Waals surface area contributed by atoms with Gasteiger partial charge in [-0.25, -0.2) is 0 Å². The minimum absolute atomic E-state index is 0.624. The third kappa shape index (κ3) is 3.71. The molecule has 4 nitrogen and oxygen atoms in total. The van der Waals surface area contributed by atoms with Crippen molar-refractivity contribution in [1.29, 1.82) is 5.26 Å². The van der Waals surface area contributed by atoms with Gasteiger partial charge in [0.05, 0.1) is 30.1 Å². The highest BCUT2D eigenvalue weighted by Crippen LogP contribution is 2.23. The van der Waals surface area contributed by atoms with Crippen LogP contribution in [0.5, 0.6) is 5.75 Å². The lowest BCUT2D eigenvalue weighted by molar-refractivity contribution is 0.340. The molecule has 0 aliphatic carbocycles. The van der Waals surface area contributed by atoms with E-state index in [4.69, 9.17) is 14.4 Å². The Morgan fingerprint density at radius 1 is 1.12 bits per heavy atom. The molecule has 1 heterocycles. The van der Waals surface area contributed by atoms with Crippen molar-refractivity contribution < 1.29 is 9.15 Å². The van der Waals surface area contributed by atoms with E-state index in [1.807, 2.05) is 55.5 Å². The second-order valence-electron chi connectivity index (χ2n) is 5.08. The smallest absolute Gasteiger partial charge is 0.145 e. The summed E-state index contributed by atoms with van der Waals surface area (Å²) >= 11 is 0. The van der Waals surface area contributed by atoms with Crippen LogP contribution in [0.25, 0.3) is 11.3 Å². The lowest BCUT2D eigenvalue weighted by Gasteiger charge is -2.02. The van der Waals surface area contributed by atoms with Crippen LogP contribution in [0.3, 0.4) is 0 Å². The fourth-order valence-corrected chi connectivity index (χ4v) is 2.24. The molecule has 2 aromatic carbocycles. The van der Waals surface area contributed by atoms with Gasteiger partial charge in [0, 0.05) is 11.6 Å². The van der Waals surface area contributed by atoms with E-state index in [0.29, 0.717) is 17.9 Å². The summed E-state index contributed by atoms with van der Waals surface area (Å²) in [6.07, 6.45) is 1.68. The van der Waals surface area contributed by atoms with Crippen molar-refractivity contribution >= 4 is 11.9 Å². The van der Waals surface area contributed by atoms with Crippen molar-refractivity contribution in [3.05, 3.63) is 72.0 Å². The van der Waals surface area contributed by atoms with Crippen LogP contribution >= 0.6 is 0 Å². The molecule has 0 bridgehead atoms. The minimum Gasteiger partial charge on any atom is -0.494 e. The molecule has 3 aromatic rings. The molecular weight excluding hydrogens is 300 g/mol. The summed E-state index contributed by atoms with van der Waals surface area (Å²) in [4.78, 5) is 4.41. The Morgan fingerprint density at radius 2 is 1.96 bits per heavy atom. The van der Waals surface area contributed by atoms with E-state index in [2.05, 4.69) is 11.1 Å². The van der Waals surface area contributed by atoms with Gasteiger partial charge in [-0.15, -0.1) is 0 Å². The van der Waals surface area contributed by atoms with Crippen LogP contribution in [-0.4, -0.2) is 12.8 Å². The summed E-state index contributed by atoms with van der Waals surface area (Å²) in [5, 5.41) is 8.83. The Balaban J connectivity index is 1.75. The molecule has 24 heavy (non-hydrogen) atoms. The fourth-order valence-electron chi connectivity index (χ4n) is 2.24. The monoisotopic (exact) mass is 316 g/mol. The van der Waals surface area contributed by atoms with E-state index in [-0.39, 0.29) is 0 Å². The summed E-state index contributed by atoms with van der Waals surface area (Å²) in [6.45, 7) is 2.57. The zero-order chi connectivity index (χ0) is 16.8. The van der Waals surface area contributed by atoms with Crippen LogP contribution in [0, 0.1) is 11.3 Å². The number of benzene rings is 2. The molecule has 0 N–H and O–H groups in total. The molecule has 0 aliphatic rings. The molecular formula is C20H16N2O2. The molecule has 0 saturated heterocycles. The molecule has 4 heteroatoms. The van der Waals surface area contributed by atoms with Crippen molar-refractivity contribution in [2.24, 2.45) is 4.99 Å². The highest BCUT2D eigenvalue weighted by molar-refractivity contribution is 5.80. The van der Waals surface area contributed by atoms with Gasteiger partial charge in [-0.05, 0) is 55.5 Å². The molecule has 0 spiro atoms. The van der Waals surface area contributed by atoms with Crippen molar-refractivity contribution in [3.8, 4) is 23.1 Å². The second-order valence-corrected chi connectivity index (χ2v) is 5.08. The standard InChI is InChI=1S/C20H16N2O2/c1-2-23-18-5-3-4-17(12-18)22-14-19-10-11-20(24-19)16-8-6-15(13-21)7-9-16/h3-12,14H,2H2,1H3. The van der Waals surface area contributed by atoms with Gasteiger partial charge in [0.25, 0.3) is 0 Å². The molecule has 0 fully saturated rings. The van der Waals surface area contributed by atoms with E-state index in [1.165, 1.54) is 0 Å². The van der Waals surface area contributed by atoms with E-state index in [9.17, 15) is 0 Å². The van der Waals surface area contributed by atoms with Crippen molar-refractivity contribution in [2.45, 2.75) is 6.92 Å². The molecule has 0 saturated carbocycles. The van der Waals surface area contributed by atoms with E-state index >= 15 is 0 Å². The Kier molecular flexibility index (Phi) is 4.73. The lowest BCUT2D eigenvalue weighted by atomic mass is 10.1. The van der Waals surface area contributed by atoms with Crippen LogP contribution in [0.15, 0.2) is 70.1 Å². The summed E-state index contributed by atoms with van der Waals surface area (Å²) in [5.41, 5.74) is 2.35. The first-order chi connectivity index (χ1) is 11.8. The van der Waals surface area contributed by atoms with Gasteiger partial charge in [0.1, 0.15) is 17.3 Å². The van der Waals surface area contributed by atoms with Crippen LogP contribution < -0.4 is 4.74 Å². The predicted octanol–water partition coefficient (Wildman–Crippen LogP) is 4.97. The number of rotatable bonds is 5. The number of hydrogen-bond acceptors (Lipinski definition) is 4. The van der Waals surface area contributed by atoms with Crippen molar-refractivity contribution in [3.63, 3.8) is 0 Å². The third-order valence-electron chi connectivity index (χ3n) is 3.39. The Labute approximate surface area is 140 Å². The average molecular weight is 316 g/mol. The number of nitriles is 1. The third-order valence-corrected chi connectivity index (χ3v) is 3.39. The maximum Gasteiger partial charge on any atom is 0.145 e. The number of ether oxygens (including phenoxy) is 1. The average Bonchev–Trinajstić information content (AvgIpc) is 3.10. The highest BCUT2D eigenvalue weighted by atomic mass is 16.5. The molecule has 0 amide bonds. The Bertz CT molecular complexity index is 887. The Morgan fingerprint density at radius 3 is 2.71 bits per heavy atom. The van der Waals surface area contributed by atoms with Gasteiger partial charge in [0.15, 0.2) is 0 Å². The summed E-state index contributed by atoms with van der Waals surface area (Å²) in [5.74, 6) is 2.20. The molecule has 118 valence electrons. The number of hydrogen-bond donors (Lipinski definition) is 0. The maximum atomic E-state index is 8.83. The van der Waals surface area contributed by atoms with Crippen LogP contribution in [-0.2, 0) is 0 Å². The lowest BCUT2D eigenvalue weighted by Crippen LogP contribution is -1.90. The fraction of sp³-hybridized carbons (Fsp3) is 0.100. The van der Waals surface area contributed by atoms with Crippen molar-refractivity contribution in [2.75, 3.05) is 6.61 Å². The van der Waals surface area contributed by atoms with Gasteiger partial charge in [-0.1, -0.05) is 6.07 Å². The SMILES string of the molecule is CCOc1cccc(N=Cc2ccc(-c3ccc(C#N)cc3)o2)c1. The normalized spacial score (nSPS) is 10.7. The summed E-state index contributed by atoms with van der Waals surface area (Å²) in [7, 11) is 0. The van der Waals surface area contributed by atoms with E-state index in [0.717, 1.165) is 22.8 Å². The first-order valence-corrected chi connectivity index (χ1v) is 7.66. The first-order valence-electron chi connectivity index (χ1n) is 7.66. The Hall–Kier alpha value is -3.32. The summed E-state index contributed by atoms with van der Waals surface area (Å²) < 4.78 is 11.2. The van der Waals surface area contributed by atoms with Gasteiger partial charge in [-0.3, -0.25) is 4.99 Å². The topological polar surface area (TPSA) is 58.5 Å². The number of nitrogens with zero attached hydrogens (tertiary/aromatic N) is 2. The molecule has 3 rings (SSSR count). The first kappa shape index (κ1) is 15.6.